The predicted octanol–water partition coefficient (Wildman–Crippen LogP) is 4.29. The van der Waals surface area contributed by atoms with Crippen molar-refractivity contribution in [1.29, 1.82) is 0 Å². The maximum atomic E-state index is 12.7. The SMILES string of the molecule is [2H]C(F)(F)c1ccc(-c2ccccc2)cc1. The minimum atomic E-state index is -3.52. The zero-order valence-corrected chi connectivity index (χ0v) is 7.95. The van der Waals surface area contributed by atoms with Crippen molar-refractivity contribution in [3.8, 4) is 11.1 Å². The lowest BCUT2D eigenvalue weighted by molar-refractivity contribution is 0.151. The van der Waals surface area contributed by atoms with Gasteiger partial charge < -0.3 is 0 Å². The van der Waals surface area contributed by atoms with Crippen molar-refractivity contribution in [2.45, 2.75) is 6.40 Å². The second-order valence-electron chi connectivity index (χ2n) is 3.20. The summed E-state index contributed by atoms with van der Waals surface area (Å²) in [4.78, 5) is 0. The van der Waals surface area contributed by atoms with E-state index in [9.17, 15) is 8.78 Å². The summed E-state index contributed by atoms with van der Waals surface area (Å²) >= 11 is 0. The molecule has 2 heteroatoms. The van der Waals surface area contributed by atoms with Gasteiger partial charge in [0.15, 0.2) is 0 Å². The Morgan fingerprint density at radius 3 is 1.87 bits per heavy atom. The average molecular weight is 205 g/mol. The van der Waals surface area contributed by atoms with Crippen LogP contribution in [0, 0.1) is 0 Å². The summed E-state index contributed by atoms with van der Waals surface area (Å²) in [5.74, 6) is 0. The fraction of sp³-hybridized carbons (Fsp3) is 0.0769. The van der Waals surface area contributed by atoms with Gasteiger partial charge in [0.2, 0.25) is 0 Å². The van der Waals surface area contributed by atoms with Crippen LogP contribution in [0.4, 0.5) is 8.78 Å². The minimum Gasteiger partial charge on any atom is -0.205 e. The van der Waals surface area contributed by atoms with Crippen LogP contribution in [-0.2, 0) is 0 Å². The second kappa shape index (κ2) is 4.22. The summed E-state index contributed by atoms with van der Waals surface area (Å²) in [7, 11) is 0. The van der Waals surface area contributed by atoms with Gasteiger partial charge in [-0.2, -0.15) is 0 Å². The molecule has 0 aromatic heterocycles. The Hall–Kier alpha value is -1.70. The highest BCUT2D eigenvalue weighted by Gasteiger charge is 2.05. The van der Waals surface area contributed by atoms with Crippen LogP contribution in [0.25, 0.3) is 11.1 Å². The first-order valence-corrected chi connectivity index (χ1v) is 4.61. The topological polar surface area (TPSA) is 0 Å². The lowest BCUT2D eigenvalue weighted by Crippen LogP contribution is -1.83. The zero-order valence-electron chi connectivity index (χ0n) is 8.95. The summed E-state index contributed by atoms with van der Waals surface area (Å²) in [6.45, 7) is 0. The molecule has 0 unspecified atom stereocenters. The molecular weight excluding hydrogens is 194 g/mol. The quantitative estimate of drug-likeness (QED) is 0.686. The van der Waals surface area contributed by atoms with Crippen LogP contribution in [0.15, 0.2) is 54.6 Å². The van der Waals surface area contributed by atoms with Gasteiger partial charge in [-0.05, 0) is 11.1 Å². The molecule has 0 radical (unpaired) electrons. The van der Waals surface area contributed by atoms with Crippen molar-refractivity contribution in [2.75, 3.05) is 0 Å². The van der Waals surface area contributed by atoms with E-state index in [1.807, 2.05) is 30.3 Å². The summed E-state index contributed by atoms with van der Waals surface area (Å²) in [5.41, 5.74) is 1.56. The van der Waals surface area contributed by atoms with Crippen LogP contribution in [-0.4, -0.2) is 0 Å². The number of hydrogen-bond acceptors (Lipinski definition) is 0. The van der Waals surface area contributed by atoms with Crippen molar-refractivity contribution in [3.05, 3.63) is 60.2 Å². The Bertz CT molecular complexity index is 458. The highest BCUT2D eigenvalue weighted by atomic mass is 19.3. The van der Waals surface area contributed by atoms with E-state index >= 15 is 0 Å². The van der Waals surface area contributed by atoms with Crippen LogP contribution >= 0.6 is 0 Å². The van der Waals surface area contributed by atoms with E-state index < -0.39 is 6.40 Å². The van der Waals surface area contributed by atoms with E-state index in [1.54, 1.807) is 12.1 Å². The number of halogens is 2. The first kappa shape index (κ1) is 8.60. The zero-order chi connectivity index (χ0) is 11.6. The Morgan fingerprint density at radius 2 is 1.33 bits per heavy atom. The van der Waals surface area contributed by atoms with Crippen LogP contribution in [0.5, 0.6) is 0 Å². The molecule has 76 valence electrons. The lowest BCUT2D eigenvalue weighted by Gasteiger charge is -2.03. The maximum Gasteiger partial charge on any atom is 0.263 e. The van der Waals surface area contributed by atoms with E-state index in [-0.39, 0.29) is 5.56 Å². The molecule has 0 spiro atoms. The fourth-order valence-electron chi connectivity index (χ4n) is 1.42. The van der Waals surface area contributed by atoms with Crippen molar-refractivity contribution >= 4 is 0 Å². The van der Waals surface area contributed by atoms with E-state index in [1.165, 1.54) is 12.1 Å². The summed E-state index contributed by atoms with van der Waals surface area (Å²) < 4.78 is 31.9. The molecule has 0 aliphatic carbocycles. The third-order valence-corrected chi connectivity index (χ3v) is 2.21. The number of benzene rings is 2. The monoisotopic (exact) mass is 205 g/mol. The minimum absolute atomic E-state index is 0.285. The largest absolute Gasteiger partial charge is 0.263 e. The van der Waals surface area contributed by atoms with Gasteiger partial charge in [0.1, 0.15) is 1.37 Å². The Labute approximate surface area is 88.6 Å². The molecule has 2 rings (SSSR count). The molecule has 0 N–H and O–H groups in total. The van der Waals surface area contributed by atoms with Gasteiger partial charge in [-0.1, -0.05) is 54.6 Å². The Kier molecular flexibility index (Phi) is 2.42. The third kappa shape index (κ3) is 2.21. The molecule has 0 saturated heterocycles. The number of hydrogen-bond donors (Lipinski definition) is 0. The molecule has 0 saturated carbocycles. The van der Waals surface area contributed by atoms with Gasteiger partial charge in [-0.15, -0.1) is 0 Å². The molecular formula is C13H10F2. The van der Waals surface area contributed by atoms with Crippen LogP contribution < -0.4 is 0 Å². The first-order chi connectivity index (χ1) is 7.57. The number of alkyl halides is 2. The molecule has 0 fully saturated rings. The Morgan fingerprint density at radius 1 is 0.800 bits per heavy atom. The van der Waals surface area contributed by atoms with Crippen LogP contribution in [0.3, 0.4) is 0 Å². The van der Waals surface area contributed by atoms with E-state index in [4.69, 9.17) is 1.37 Å². The van der Waals surface area contributed by atoms with Crippen LogP contribution in [0.2, 0.25) is 0 Å². The van der Waals surface area contributed by atoms with Gasteiger partial charge in [-0.25, -0.2) is 8.78 Å². The molecule has 2 aromatic carbocycles. The van der Waals surface area contributed by atoms with Crippen molar-refractivity contribution in [3.63, 3.8) is 0 Å². The first-order valence-electron chi connectivity index (χ1n) is 5.11. The van der Waals surface area contributed by atoms with Gasteiger partial charge in [-0.3, -0.25) is 0 Å². The fourth-order valence-corrected chi connectivity index (χ4v) is 1.42. The molecule has 0 bridgehead atoms. The van der Waals surface area contributed by atoms with E-state index in [2.05, 4.69) is 0 Å². The molecule has 0 aliphatic rings. The van der Waals surface area contributed by atoms with Crippen molar-refractivity contribution in [2.24, 2.45) is 0 Å². The van der Waals surface area contributed by atoms with E-state index in [0.717, 1.165) is 11.1 Å². The Balaban J connectivity index is 2.34. The molecule has 15 heavy (non-hydrogen) atoms. The third-order valence-electron chi connectivity index (χ3n) is 2.21. The normalized spacial score (nSPS) is 12.3. The van der Waals surface area contributed by atoms with Gasteiger partial charge in [0, 0.05) is 5.56 Å². The van der Waals surface area contributed by atoms with Crippen molar-refractivity contribution < 1.29 is 10.2 Å². The molecule has 2 aromatic rings. The highest BCUT2D eigenvalue weighted by Crippen LogP contribution is 2.23. The lowest BCUT2D eigenvalue weighted by atomic mass is 10.0. The van der Waals surface area contributed by atoms with Gasteiger partial charge in [0.25, 0.3) is 6.40 Å². The molecule has 0 aliphatic heterocycles. The van der Waals surface area contributed by atoms with Crippen molar-refractivity contribution in [1.82, 2.24) is 0 Å². The second-order valence-corrected chi connectivity index (χ2v) is 3.20. The van der Waals surface area contributed by atoms with E-state index in [0.29, 0.717) is 0 Å². The smallest absolute Gasteiger partial charge is 0.205 e. The van der Waals surface area contributed by atoms with Crippen LogP contribution in [0.1, 0.15) is 13.3 Å². The molecule has 0 nitrogen and oxygen atoms in total. The summed E-state index contributed by atoms with van der Waals surface area (Å²) in [6.07, 6.45) is -3.52. The van der Waals surface area contributed by atoms with Gasteiger partial charge in [0.05, 0.1) is 0 Å². The maximum absolute atomic E-state index is 12.7. The average Bonchev–Trinajstić information content (AvgIpc) is 2.29. The summed E-state index contributed by atoms with van der Waals surface area (Å²) in [5, 5.41) is 0. The summed E-state index contributed by atoms with van der Waals surface area (Å²) in [6, 6.07) is 15.3. The van der Waals surface area contributed by atoms with Gasteiger partial charge >= 0.3 is 0 Å². The predicted molar refractivity (Wildman–Crippen MR) is 56.8 cm³/mol. The molecule has 0 amide bonds. The molecule has 0 heterocycles. The number of rotatable bonds is 2. The molecule has 0 atom stereocenters. The standard InChI is InChI=1S/C13H10F2/c14-13(15)12-8-6-11(7-9-12)10-4-2-1-3-5-10/h1-9,13H/i13D. The highest BCUT2D eigenvalue weighted by molar-refractivity contribution is 5.63.